The quantitative estimate of drug-likeness (QED) is 0.173. The highest BCUT2D eigenvalue weighted by Crippen LogP contribution is 2.47. The van der Waals surface area contributed by atoms with E-state index >= 15 is 0 Å². The molecule has 0 N–H and O–H groups in total. The number of furan rings is 1. The van der Waals surface area contributed by atoms with Crippen LogP contribution < -0.4 is 4.90 Å². The van der Waals surface area contributed by atoms with Gasteiger partial charge in [-0.1, -0.05) is 121 Å². The van der Waals surface area contributed by atoms with E-state index < -0.39 is 0 Å². The van der Waals surface area contributed by atoms with Crippen LogP contribution in [0, 0.1) is 20.8 Å². The maximum atomic E-state index is 6.83. The van der Waals surface area contributed by atoms with Crippen LogP contribution >= 0.6 is 0 Å². The number of anilines is 3. The second-order valence-corrected chi connectivity index (χ2v) is 14.4. The van der Waals surface area contributed by atoms with Gasteiger partial charge in [-0.05, 0) is 104 Å². The van der Waals surface area contributed by atoms with Gasteiger partial charge in [0.2, 0.25) is 0 Å². The van der Waals surface area contributed by atoms with Crippen molar-refractivity contribution in [2.45, 2.75) is 20.8 Å². The Morgan fingerprint density at radius 2 is 1.04 bits per heavy atom. The van der Waals surface area contributed by atoms with Crippen LogP contribution in [0.25, 0.3) is 71.7 Å². The Hall–Kier alpha value is -6.84. The Kier molecular flexibility index (Phi) is 7.48. The normalized spacial score (nSPS) is 11.6. The van der Waals surface area contributed by atoms with Gasteiger partial charge in [0.25, 0.3) is 0 Å². The number of para-hydroxylation sites is 4. The highest BCUT2D eigenvalue weighted by atomic mass is 16.3. The number of fused-ring (bicyclic) bond motifs is 6. The molecule has 0 fully saturated rings. The molecule has 0 spiro atoms. The predicted octanol–water partition coefficient (Wildman–Crippen LogP) is 14.4. The molecule has 54 heavy (non-hydrogen) atoms. The summed E-state index contributed by atoms with van der Waals surface area (Å²) < 4.78 is 9.24. The predicted molar refractivity (Wildman–Crippen MR) is 228 cm³/mol. The zero-order chi connectivity index (χ0) is 36.3. The van der Waals surface area contributed by atoms with Crippen LogP contribution in [0.3, 0.4) is 0 Å². The maximum absolute atomic E-state index is 6.83. The molecule has 0 saturated heterocycles. The maximum Gasteiger partial charge on any atom is 0.143 e. The second kappa shape index (κ2) is 12.7. The van der Waals surface area contributed by atoms with Crippen LogP contribution in [0.5, 0.6) is 0 Å². The lowest BCUT2D eigenvalue weighted by Crippen LogP contribution is -2.13. The van der Waals surface area contributed by atoms with Gasteiger partial charge in [0.15, 0.2) is 0 Å². The summed E-state index contributed by atoms with van der Waals surface area (Å²) in [6.45, 7) is 6.62. The van der Waals surface area contributed by atoms with Crippen LogP contribution in [0.1, 0.15) is 16.7 Å². The average molecular weight is 695 g/mol. The third-order valence-corrected chi connectivity index (χ3v) is 10.9. The summed E-state index contributed by atoms with van der Waals surface area (Å²) in [5, 5.41) is 4.66. The van der Waals surface area contributed by atoms with Crippen molar-refractivity contribution in [3.05, 3.63) is 193 Å². The number of aromatic nitrogens is 1. The molecule has 3 nitrogen and oxygen atoms in total. The van der Waals surface area contributed by atoms with E-state index in [0.29, 0.717) is 0 Å². The summed E-state index contributed by atoms with van der Waals surface area (Å²) in [5.41, 5.74) is 16.8. The first-order valence-corrected chi connectivity index (χ1v) is 18.6. The van der Waals surface area contributed by atoms with Crippen molar-refractivity contribution >= 4 is 60.8 Å². The second-order valence-electron chi connectivity index (χ2n) is 14.4. The van der Waals surface area contributed by atoms with E-state index in [1.807, 2.05) is 0 Å². The molecule has 2 heterocycles. The number of benzene rings is 8. The van der Waals surface area contributed by atoms with Crippen LogP contribution in [-0.4, -0.2) is 4.57 Å². The Morgan fingerprint density at radius 3 is 1.74 bits per heavy atom. The largest absolute Gasteiger partial charge is 0.455 e. The number of aryl methyl sites for hydroxylation is 3. The minimum Gasteiger partial charge on any atom is -0.455 e. The summed E-state index contributed by atoms with van der Waals surface area (Å²) >= 11 is 0. The summed E-state index contributed by atoms with van der Waals surface area (Å²) in [6, 6.07) is 63.4. The Labute approximate surface area is 315 Å². The summed E-state index contributed by atoms with van der Waals surface area (Å²) in [5.74, 6) is 0. The highest BCUT2D eigenvalue weighted by Gasteiger charge is 2.24. The van der Waals surface area contributed by atoms with E-state index in [0.717, 1.165) is 50.1 Å². The third-order valence-electron chi connectivity index (χ3n) is 10.9. The molecule has 0 amide bonds. The number of rotatable bonds is 6. The van der Waals surface area contributed by atoms with Gasteiger partial charge in [-0.15, -0.1) is 0 Å². The van der Waals surface area contributed by atoms with E-state index in [1.165, 1.54) is 55.3 Å². The lowest BCUT2D eigenvalue weighted by molar-refractivity contribution is 0.670. The van der Waals surface area contributed by atoms with Gasteiger partial charge in [-0.2, -0.15) is 0 Å². The van der Waals surface area contributed by atoms with Gasteiger partial charge in [-0.3, -0.25) is 0 Å². The molecule has 0 atom stereocenters. The SMILES string of the molecule is Cc1ccc(N(c2cc(-c3ccccc3-n3c4ccccc4c4ccccc43)c3oc4ccccc4c3c2)c2c(C)cc(-c3ccccc3)cc2C)cc1. The van der Waals surface area contributed by atoms with Crippen LogP contribution in [0.15, 0.2) is 180 Å². The van der Waals surface area contributed by atoms with Gasteiger partial charge < -0.3 is 13.9 Å². The van der Waals surface area contributed by atoms with E-state index in [9.17, 15) is 0 Å². The first-order chi connectivity index (χ1) is 26.5. The molecule has 0 aliphatic carbocycles. The van der Waals surface area contributed by atoms with Gasteiger partial charge in [0.05, 0.1) is 22.4 Å². The molecule has 0 saturated carbocycles. The van der Waals surface area contributed by atoms with Crippen LogP contribution in [0.2, 0.25) is 0 Å². The number of hydrogen-bond acceptors (Lipinski definition) is 2. The minimum absolute atomic E-state index is 0.877. The lowest BCUT2D eigenvalue weighted by atomic mass is 9.96. The molecule has 0 bridgehead atoms. The molecule has 10 aromatic rings. The number of hydrogen-bond donors (Lipinski definition) is 0. The molecule has 0 unspecified atom stereocenters. The fourth-order valence-corrected chi connectivity index (χ4v) is 8.43. The molecule has 8 aromatic carbocycles. The Morgan fingerprint density at radius 1 is 0.444 bits per heavy atom. The smallest absolute Gasteiger partial charge is 0.143 e. The van der Waals surface area contributed by atoms with Crippen molar-refractivity contribution in [2.24, 2.45) is 0 Å². The molecule has 0 radical (unpaired) electrons. The van der Waals surface area contributed by atoms with Gasteiger partial charge in [0.1, 0.15) is 11.2 Å². The lowest BCUT2D eigenvalue weighted by Gasteiger charge is -2.30. The first-order valence-electron chi connectivity index (χ1n) is 18.6. The molecular weight excluding hydrogens is 657 g/mol. The fraction of sp³-hybridized carbons (Fsp3) is 0.0588. The summed E-state index contributed by atoms with van der Waals surface area (Å²) in [7, 11) is 0. The van der Waals surface area contributed by atoms with Crippen molar-refractivity contribution in [3.8, 4) is 27.9 Å². The minimum atomic E-state index is 0.877. The molecule has 10 rings (SSSR count). The molecule has 258 valence electrons. The number of nitrogens with zero attached hydrogens (tertiary/aromatic N) is 2. The van der Waals surface area contributed by atoms with Crippen molar-refractivity contribution in [2.75, 3.05) is 4.90 Å². The van der Waals surface area contributed by atoms with Crippen LogP contribution in [-0.2, 0) is 0 Å². The van der Waals surface area contributed by atoms with E-state index in [2.05, 4.69) is 206 Å². The van der Waals surface area contributed by atoms with Gasteiger partial charge in [0, 0.05) is 44.0 Å². The van der Waals surface area contributed by atoms with Crippen molar-refractivity contribution in [1.29, 1.82) is 0 Å². The van der Waals surface area contributed by atoms with Gasteiger partial charge >= 0.3 is 0 Å². The molecular formula is C51H38N2O. The van der Waals surface area contributed by atoms with Crippen LogP contribution in [0.4, 0.5) is 17.1 Å². The van der Waals surface area contributed by atoms with Crippen molar-refractivity contribution in [1.82, 2.24) is 4.57 Å². The summed E-state index contributed by atoms with van der Waals surface area (Å²) in [4.78, 5) is 2.44. The Bertz CT molecular complexity index is 2940. The van der Waals surface area contributed by atoms with Crippen molar-refractivity contribution < 1.29 is 4.42 Å². The molecule has 3 heteroatoms. The topological polar surface area (TPSA) is 21.3 Å². The summed E-state index contributed by atoms with van der Waals surface area (Å²) in [6.07, 6.45) is 0. The third kappa shape index (κ3) is 5.12. The zero-order valence-electron chi connectivity index (χ0n) is 30.5. The molecule has 0 aliphatic rings. The van der Waals surface area contributed by atoms with Crippen molar-refractivity contribution in [3.63, 3.8) is 0 Å². The average Bonchev–Trinajstić information content (AvgIpc) is 3.76. The van der Waals surface area contributed by atoms with E-state index in [-0.39, 0.29) is 0 Å². The van der Waals surface area contributed by atoms with E-state index in [1.54, 1.807) is 0 Å². The Balaban J connectivity index is 1.28. The standard InChI is InChI=1S/C51H38N2O/c1-33-25-27-38(28-26-33)52(50-34(2)29-37(30-35(50)3)36-15-5-4-6-16-36)39-31-44(51-45(32-39)43-20-10-14-24-49(43)54-51)42-19-9-13-23-48(42)53-46-21-11-7-17-40(46)41-18-8-12-22-47(41)53/h4-32H,1-3H3. The molecule has 0 aliphatic heterocycles. The zero-order valence-corrected chi connectivity index (χ0v) is 30.5. The molecule has 2 aromatic heterocycles. The first kappa shape index (κ1) is 31.9. The van der Waals surface area contributed by atoms with Gasteiger partial charge in [-0.25, -0.2) is 0 Å². The fourth-order valence-electron chi connectivity index (χ4n) is 8.43. The van der Waals surface area contributed by atoms with E-state index in [4.69, 9.17) is 4.42 Å². The highest BCUT2D eigenvalue weighted by molar-refractivity contribution is 6.14. The monoisotopic (exact) mass is 694 g/mol.